The fourth-order valence-electron chi connectivity index (χ4n) is 2.01. The van der Waals surface area contributed by atoms with E-state index in [9.17, 15) is 0 Å². The van der Waals surface area contributed by atoms with Crippen LogP contribution < -0.4 is 5.32 Å². The van der Waals surface area contributed by atoms with E-state index < -0.39 is 0 Å². The molecule has 0 amide bonds. The van der Waals surface area contributed by atoms with Gasteiger partial charge in [-0.1, -0.05) is 13.8 Å². The van der Waals surface area contributed by atoms with Crippen molar-refractivity contribution in [2.45, 2.75) is 33.6 Å². The van der Waals surface area contributed by atoms with Crippen molar-refractivity contribution < 1.29 is 0 Å². The van der Waals surface area contributed by atoms with Crippen LogP contribution in [-0.4, -0.2) is 23.4 Å². The molecule has 1 N–H and O–H groups in total. The lowest BCUT2D eigenvalue weighted by Crippen LogP contribution is -2.31. The van der Waals surface area contributed by atoms with Gasteiger partial charge in [0, 0.05) is 19.3 Å². The summed E-state index contributed by atoms with van der Waals surface area (Å²) in [6, 6.07) is 2.18. The predicted octanol–water partition coefficient (Wildman–Crippen LogP) is 1.91. The van der Waals surface area contributed by atoms with Crippen molar-refractivity contribution >= 4 is 0 Å². The van der Waals surface area contributed by atoms with Gasteiger partial charge < -0.3 is 5.32 Å². The van der Waals surface area contributed by atoms with Crippen LogP contribution in [0.5, 0.6) is 0 Å². The van der Waals surface area contributed by atoms with Gasteiger partial charge in [0.05, 0.1) is 5.69 Å². The number of nitrogens with one attached hydrogen (secondary N) is 1. The Kier molecular flexibility index (Phi) is 3.91. The predicted molar refractivity (Wildman–Crippen MR) is 64.0 cm³/mol. The van der Waals surface area contributed by atoms with Gasteiger partial charge in [-0.05, 0) is 38.3 Å². The van der Waals surface area contributed by atoms with Crippen molar-refractivity contribution in [2.24, 2.45) is 12.5 Å². The second kappa shape index (κ2) is 4.79. The minimum atomic E-state index is 0.328. The Morgan fingerprint density at radius 1 is 1.53 bits per heavy atom. The summed E-state index contributed by atoms with van der Waals surface area (Å²) in [6.07, 6.45) is 2.26. The van der Waals surface area contributed by atoms with Crippen molar-refractivity contribution in [1.29, 1.82) is 0 Å². The van der Waals surface area contributed by atoms with E-state index in [2.05, 4.69) is 30.3 Å². The van der Waals surface area contributed by atoms with Crippen LogP contribution in [0.25, 0.3) is 0 Å². The lowest BCUT2D eigenvalue weighted by atomic mass is 9.82. The quantitative estimate of drug-likeness (QED) is 0.803. The average molecular weight is 209 g/mol. The monoisotopic (exact) mass is 209 g/mol. The Labute approximate surface area is 92.9 Å². The van der Waals surface area contributed by atoms with Crippen LogP contribution in [0, 0.1) is 12.3 Å². The number of nitrogens with zero attached hydrogens (tertiary/aromatic N) is 2. The van der Waals surface area contributed by atoms with E-state index in [4.69, 9.17) is 0 Å². The summed E-state index contributed by atoms with van der Waals surface area (Å²) in [4.78, 5) is 0. The number of rotatable bonds is 5. The van der Waals surface area contributed by atoms with Crippen molar-refractivity contribution in [3.63, 3.8) is 0 Å². The summed E-state index contributed by atoms with van der Waals surface area (Å²) < 4.78 is 2.00. The molecule has 1 aromatic rings. The van der Waals surface area contributed by atoms with Gasteiger partial charge >= 0.3 is 0 Å². The van der Waals surface area contributed by atoms with Gasteiger partial charge in [-0.15, -0.1) is 0 Å². The molecule has 0 radical (unpaired) electrons. The standard InChI is InChI=1S/C12H23N3/c1-6-12(3,9-13-4)8-11-7-10(2)14-15(11)5/h7,13H,6,8-9H2,1-5H3. The van der Waals surface area contributed by atoms with Crippen molar-refractivity contribution in [3.8, 4) is 0 Å². The normalized spacial score (nSPS) is 15.3. The Morgan fingerprint density at radius 2 is 2.20 bits per heavy atom. The molecule has 3 nitrogen and oxygen atoms in total. The Morgan fingerprint density at radius 3 is 2.60 bits per heavy atom. The Bertz CT molecular complexity index is 317. The molecule has 0 bridgehead atoms. The second-order valence-electron chi connectivity index (χ2n) is 4.77. The molecular weight excluding hydrogens is 186 g/mol. The number of hydrogen-bond donors (Lipinski definition) is 1. The maximum absolute atomic E-state index is 4.39. The first kappa shape index (κ1) is 12.2. The third-order valence-electron chi connectivity index (χ3n) is 3.16. The molecule has 0 aliphatic rings. The molecule has 1 aromatic heterocycles. The zero-order valence-corrected chi connectivity index (χ0v) is 10.6. The highest BCUT2D eigenvalue weighted by atomic mass is 15.3. The van der Waals surface area contributed by atoms with E-state index in [1.165, 1.54) is 12.1 Å². The fraction of sp³-hybridized carbons (Fsp3) is 0.750. The third-order valence-corrected chi connectivity index (χ3v) is 3.16. The molecule has 86 valence electrons. The highest BCUT2D eigenvalue weighted by Crippen LogP contribution is 2.25. The smallest absolute Gasteiger partial charge is 0.0596 e. The molecule has 15 heavy (non-hydrogen) atoms. The first-order valence-electron chi connectivity index (χ1n) is 5.65. The molecule has 0 fully saturated rings. The summed E-state index contributed by atoms with van der Waals surface area (Å²) >= 11 is 0. The van der Waals surface area contributed by atoms with Gasteiger partial charge in [-0.2, -0.15) is 5.10 Å². The molecule has 0 saturated carbocycles. The number of hydrogen-bond acceptors (Lipinski definition) is 2. The van der Waals surface area contributed by atoms with Gasteiger partial charge in [-0.3, -0.25) is 4.68 Å². The Balaban J connectivity index is 2.78. The molecular formula is C12H23N3. The molecule has 1 atom stereocenters. The van der Waals surface area contributed by atoms with Gasteiger partial charge in [0.25, 0.3) is 0 Å². The van der Waals surface area contributed by atoms with Crippen LogP contribution in [-0.2, 0) is 13.5 Å². The van der Waals surface area contributed by atoms with E-state index in [1.807, 2.05) is 25.7 Å². The Hall–Kier alpha value is -0.830. The van der Waals surface area contributed by atoms with E-state index >= 15 is 0 Å². The van der Waals surface area contributed by atoms with Crippen LogP contribution >= 0.6 is 0 Å². The van der Waals surface area contributed by atoms with E-state index in [1.54, 1.807) is 0 Å². The van der Waals surface area contributed by atoms with Gasteiger partial charge in [-0.25, -0.2) is 0 Å². The lowest BCUT2D eigenvalue weighted by molar-refractivity contribution is 0.292. The number of aryl methyl sites for hydroxylation is 2. The molecule has 0 aromatic carbocycles. The van der Waals surface area contributed by atoms with Crippen LogP contribution in [0.2, 0.25) is 0 Å². The molecule has 1 heterocycles. The topological polar surface area (TPSA) is 29.9 Å². The van der Waals surface area contributed by atoms with E-state index in [-0.39, 0.29) is 0 Å². The van der Waals surface area contributed by atoms with Gasteiger partial charge in [0.1, 0.15) is 0 Å². The molecule has 1 unspecified atom stereocenters. The number of aromatic nitrogens is 2. The summed E-state index contributed by atoms with van der Waals surface area (Å²) in [5.41, 5.74) is 2.76. The minimum Gasteiger partial charge on any atom is -0.319 e. The maximum Gasteiger partial charge on any atom is 0.0596 e. The van der Waals surface area contributed by atoms with E-state index in [0.717, 1.165) is 18.7 Å². The summed E-state index contributed by atoms with van der Waals surface area (Å²) in [5, 5.41) is 7.66. The molecule has 0 aliphatic carbocycles. The summed E-state index contributed by atoms with van der Waals surface area (Å²) in [5.74, 6) is 0. The SMILES string of the molecule is CCC(C)(CNC)Cc1cc(C)nn1C. The second-order valence-corrected chi connectivity index (χ2v) is 4.77. The van der Waals surface area contributed by atoms with Crippen molar-refractivity contribution in [3.05, 3.63) is 17.5 Å². The van der Waals surface area contributed by atoms with Crippen LogP contribution in [0.1, 0.15) is 31.7 Å². The lowest BCUT2D eigenvalue weighted by Gasteiger charge is -2.27. The summed E-state index contributed by atoms with van der Waals surface area (Å²) in [7, 11) is 4.04. The van der Waals surface area contributed by atoms with Crippen LogP contribution in [0.4, 0.5) is 0 Å². The van der Waals surface area contributed by atoms with Crippen molar-refractivity contribution in [2.75, 3.05) is 13.6 Å². The van der Waals surface area contributed by atoms with Crippen molar-refractivity contribution in [1.82, 2.24) is 15.1 Å². The van der Waals surface area contributed by atoms with Crippen LogP contribution in [0.3, 0.4) is 0 Å². The maximum atomic E-state index is 4.39. The minimum absolute atomic E-state index is 0.328. The van der Waals surface area contributed by atoms with Gasteiger partial charge in [0.15, 0.2) is 0 Å². The molecule has 3 heteroatoms. The van der Waals surface area contributed by atoms with Crippen LogP contribution in [0.15, 0.2) is 6.07 Å². The summed E-state index contributed by atoms with van der Waals surface area (Å²) in [6.45, 7) is 7.67. The first-order valence-corrected chi connectivity index (χ1v) is 5.65. The molecule has 0 spiro atoms. The molecule has 0 saturated heterocycles. The molecule has 1 rings (SSSR count). The zero-order chi connectivity index (χ0) is 11.5. The van der Waals surface area contributed by atoms with E-state index in [0.29, 0.717) is 5.41 Å². The highest BCUT2D eigenvalue weighted by molar-refractivity contribution is 5.10. The third kappa shape index (κ3) is 3.06. The largest absolute Gasteiger partial charge is 0.319 e. The van der Waals surface area contributed by atoms with Gasteiger partial charge in [0.2, 0.25) is 0 Å². The highest BCUT2D eigenvalue weighted by Gasteiger charge is 2.23. The molecule has 0 aliphatic heterocycles. The first-order chi connectivity index (χ1) is 7.00. The fourth-order valence-corrected chi connectivity index (χ4v) is 2.01. The average Bonchev–Trinajstić information content (AvgIpc) is 2.45. The zero-order valence-electron chi connectivity index (χ0n) is 10.6.